The first-order valence-corrected chi connectivity index (χ1v) is 16.7. The molecule has 0 bridgehead atoms. The molecule has 0 saturated heterocycles. The van der Waals surface area contributed by atoms with Gasteiger partial charge in [0.1, 0.15) is 0 Å². The number of rotatable bonds is 3. The van der Waals surface area contributed by atoms with Crippen molar-refractivity contribution in [1.29, 1.82) is 0 Å². The fourth-order valence-electron chi connectivity index (χ4n) is 8.09. The Morgan fingerprint density at radius 2 is 0.667 bits per heavy atom. The van der Waals surface area contributed by atoms with Crippen molar-refractivity contribution in [1.82, 2.24) is 0 Å². The van der Waals surface area contributed by atoms with E-state index in [1.54, 1.807) is 0 Å². The van der Waals surface area contributed by atoms with Crippen molar-refractivity contribution in [2.75, 3.05) is 0 Å². The van der Waals surface area contributed by atoms with Gasteiger partial charge >= 0.3 is 0 Å². The molecule has 0 aliphatic carbocycles. The molecule has 10 aromatic carbocycles. The highest BCUT2D eigenvalue weighted by Crippen LogP contribution is 2.47. The second-order valence-corrected chi connectivity index (χ2v) is 12.8. The number of hydrogen-bond donors (Lipinski definition) is 0. The van der Waals surface area contributed by atoms with Crippen molar-refractivity contribution in [2.24, 2.45) is 0 Å². The maximum Gasteiger partial charge on any atom is -0.00201 e. The topological polar surface area (TPSA) is 0 Å². The molecule has 0 spiro atoms. The van der Waals surface area contributed by atoms with Crippen LogP contribution in [0.4, 0.5) is 0 Å². The first-order valence-electron chi connectivity index (χ1n) is 16.7. The minimum atomic E-state index is 1.23. The Morgan fingerprint density at radius 3 is 1.27 bits per heavy atom. The Labute approximate surface area is 279 Å². The van der Waals surface area contributed by atoms with Crippen LogP contribution < -0.4 is 0 Å². The Balaban J connectivity index is 1.29. The summed E-state index contributed by atoms with van der Waals surface area (Å²) in [6, 6.07) is 67.1. The second kappa shape index (κ2) is 10.7. The van der Waals surface area contributed by atoms with E-state index < -0.39 is 0 Å². The molecule has 48 heavy (non-hydrogen) atoms. The lowest BCUT2D eigenvalue weighted by Crippen LogP contribution is -1.92. The number of benzene rings is 10. The van der Waals surface area contributed by atoms with Gasteiger partial charge in [-0.2, -0.15) is 0 Å². The average molecular weight is 607 g/mol. The fraction of sp³-hybridized carbons (Fsp3) is 0. The predicted octanol–water partition coefficient (Wildman–Crippen LogP) is 13.6. The lowest BCUT2D eigenvalue weighted by Gasteiger charge is -2.19. The summed E-state index contributed by atoms with van der Waals surface area (Å²) in [5.74, 6) is 0. The average Bonchev–Trinajstić information content (AvgIpc) is 3.17. The monoisotopic (exact) mass is 606 g/mol. The molecule has 0 heteroatoms. The molecule has 0 radical (unpaired) electrons. The highest BCUT2D eigenvalue weighted by Gasteiger charge is 2.19. The molecule has 0 atom stereocenters. The van der Waals surface area contributed by atoms with Crippen molar-refractivity contribution < 1.29 is 0 Å². The first-order chi connectivity index (χ1) is 23.8. The van der Waals surface area contributed by atoms with E-state index in [0.717, 1.165) is 0 Å². The van der Waals surface area contributed by atoms with E-state index in [-0.39, 0.29) is 0 Å². The summed E-state index contributed by atoms with van der Waals surface area (Å²) in [4.78, 5) is 0. The van der Waals surface area contributed by atoms with E-state index in [0.29, 0.717) is 0 Å². The zero-order valence-corrected chi connectivity index (χ0v) is 26.3. The van der Waals surface area contributed by atoms with Gasteiger partial charge in [0, 0.05) is 0 Å². The highest BCUT2D eigenvalue weighted by atomic mass is 14.2. The smallest absolute Gasteiger partial charge is 0.00201 e. The summed E-state index contributed by atoms with van der Waals surface area (Å²) in [6.45, 7) is 0. The van der Waals surface area contributed by atoms with Gasteiger partial charge in [-0.15, -0.1) is 0 Å². The van der Waals surface area contributed by atoms with Crippen molar-refractivity contribution >= 4 is 64.6 Å². The standard InChI is InChI=1S/C48H30/c1-2-13-31(14-3-1)33-26-25-32-15-12-24-44(45(32)29-33)48-42-22-10-8-20-40(42)47(41-21-9-11-23-43(41)48)34-27-28-39-37-18-5-4-16-35(37)36-17-6-7-19-38(36)46(39)30-34/h1-30H. The van der Waals surface area contributed by atoms with Gasteiger partial charge in [-0.3, -0.25) is 0 Å². The number of fused-ring (bicyclic) bond motifs is 9. The molecule has 222 valence electrons. The van der Waals surface area contributed by atoms with Gasteiger partial charge in [0.25, 0.3) is 0 Å². The lowest BCUT2D eigenvalue weighted by atomic mass is 9.83. The molecule has 0 heterocycles. The molecular weight excluding hydrogens is 577 g/mol. The Hall–Kier alpha value is -6.24. The van der Waals surface area contributed by atoms with Crippen molar-refractivity contribution in [3.05, 3.63) is 182 Å². The highest BCUT2D eigenvalue weighted by molar-refractivity contribution is 6.28. The molecular formula is C48H30. The summed E-state index contributed by atoms with van der Waals surface area (Å²) >= 11 is 0. The van der Waals surface area contributed by atoms with Crippen LogP contribution in [0, 0.1) is 0 Å². The van der Waals surface area contributed by atoms with Gasteiger partial charge < -0.3 is 0 Å². The van der Waals surface area contributed by atoms with Crippen LogP contribution in [0.1, 0.15) is 0 Å². The third kappa shape index (κ3) is 4.03. The molecule has 0 amide bonds. The second-order valence-electron chi connectivity index (χ2n) is 12.8. The molecule has 0 aliphatic rings. The SMILES string of the molecule is c1ccc(-c2ccc3cccc(-c4c5ccccc5c(-c5ccc6c7ccccc7c7ccccc7c6c5)c5ccccc45)c3c2)cc1. The maximum absolute atomic E-state index is 2.43. The molecule has 10 aromatic rings. The van der Waals surface area contributed by atoms with Crippen LogP contribution in [-0.4, -0.2) is 0 Å². The third-order valence-electron chi connectivity index (χ3n) is 10.2. The zero-order valence-electron chi connectivity index (χ0n) is 26.3. The summed E-state index contributed by atoms with van der Waals surface area (Å²) < 4.78 is 0. The van der Waals surface area contributed by atoms with Crippen LogP contribution in [0.25, 0.3) is 98.0 Å². The van der Waals surface area contributed by atoms with E-state index in [4.69, 9.17) is 0 Å². The van der Waals surface area contributed by atoms with Gasteiger partial charge in [0.15, 0.2) is 0 Å². The zero-order chi connectivity index (χ0) is 31.6. The van der Waals surface area contributed by atoms with Gasteiger partial charge in [-0.25, -0.2) is 0 Å². The Kier molecular flexibility index (Phi) is 5.98. The van der Waals surface area contributed by atoms with Crippen LogP contribution in [0.3, 0.4) is 0 Å². The van der Waals surface area contributed by atoms with Crippen LogP contribution in [0.15, 0.2) is 182 Å². The maximum atomic E-state index is 2.43. The van der Waals surface area contributed by atoms with Gasteiger partial charge in [-0.05, 0) is 110 Å². The van der Waals surface area contributed by atoms with Crippen molar-refractivity contribution in [3.63, 3.8) is 0 Å². The number of hydrogen-bond acceptors (Lipinski definition) is 0. The van der Waals surface area contributed by atoms with Crippen molar-refractivity contribution in [3.8, 4) is 33.4 Å². The van der Waals surface area contributed by atoms with E-state index in [9.17, 15) is 0 Å². The molecule has 0 N–H and O–H groups in total. The fourth-order valence-corrected chi connectivity index (χ4v) is 8.09. The van der Waals surface area contributed by atoms with E-state index in [1.807, 2.05) is 0 Å². The molecule has 0 fully saturated rings. The van der Waals surface area contributed by atoms with Gasteiger partial charge in [0.2, 0.25) is 0 Å². The van der Waals surface area contributed by atoms with Crippen LogP contribution >= 0.6 is 0 Å². The van der Waals surface area contributed by atoms with Crippen LogP contribution in [0.5, 0.6) is 0 Å². The summed E-state index contributed by atoms with van der Waals surface area (Å²) in [6.07, 6.45) is 0. The first kappa shape index (κ1) is 26.9. The quantitative estimate of drug-likeness (QED) is 0.139. The summed E-state index contributed by atoms with van der Waals surface area (Å²) in [5.41, 5.74) is 7.55. The normalized spacial score (nSPS) is 11.8. The largest absolute Gasteiger partial charge is 0.0622 e. The molecule has 0 aliphatic heterocycles. The van der Waals surface area contributed by atoms with E-state index in [1.165, 1.54) is 98.0 Å². The minimum Gasteiger partial charge on any atom is -0.0622 e. The summed E-state index contributed by atoms with van der Waals surface area (Å²) in [5, 5.41) is 15.4. The third-order valence-corrected chi connectivity index (χ3v) is 10.2. The molecule has 0 aromatic heterocycles. The Morgan fingerprint density at radius 1 is 0.208 bits per heavy atom. The van der Waals surface area contributed by atoms with E-state index >= 15 is 0 Å². The molecule has 10 rings (SSSR count). The lowest BCUT2D eigenvalue weighted by molar-refractivity contribution is 1.64. The van der Waals surface area contributed by atoms with Gasteiger partial charge in [0.05, 0.1) is 0 Å². The summed E-state index contributed by atoms with van der Waals surface area (Å²) in [7, 11) is 0. The van der Waals surface area contributed by atoms with E-state index in [2.05, 4.69) is 182 Å². The van der Waals surface area contributed by atoms with Crippen molar-refractivity contribution in [2.45, 2.75) is 0 Å². The molecule has 0 saturated carbocycles. The van der Waals surface area contributed by atoms with Crippen LogP contribution in [-0.2, 0) is 0 Å². The molecule has 0 unspecified atom stereocenters. The predicted molar refractivity (Wildman–Crippen MR) is 208 cm³/mol. The van der Waals surface area contributed by atoms with Crippen LogP contribution in [0.2, 0.25) is 0 Å². The van der Waals surface area contributed by atoms with Gasteiger partial charge in [-0.1, -0.05) is 170 Å². The Bertz CT molecular complexity index is 2780. The minimum absolute atomic E-state index is 1.23. The molecule has 0 nitrogen and oxygen atoms in total.